The zero-order valence-corrected chi connectivity index (χ0v) is 16.4. The predicted molar refractivity (Wildman–Crippen MR) is 110 cm³/mol. The minimum atomic E-state index is 0.196. The van der Waals surface area contributed by atoms with Crippen LogP contribution >= 0.6 is 11.8 Å². The number of guanidine groups is 1. The van der Waals surface area contributed by atoms with Gasteiger partial charge in [-0.15, -0.1) is 11.8 Å². The van der Waals surface area contributed by atoms with Gasteiger partial charge in [-0.25, -0.2) is 4.99 Å². The van der Waals surface area contributed by atoms with Gasteiger partial charge in [0.05, 0.1) is 11.7 Å². The molecule has 2 aliphatic rings. The lowest BCUT2D eigenvalue weighted by atomic mass is 9.91. The third-order valence-electron chi connectivity index (χ3n) is 5.50. The third kappa shape index (κ3) is 4.70. The molecule has 5 heteroatoms. The number of nitrogens with one attached hydrogen (secondary N) is 1. The van der Waals surface area contributed by atoms with Crippen LogP contribution in [0.1, 0.15) is 51.9 Å². The molecule has 0 spiro atoms. The molecule has 138 valence electrons. The van der Waals surface area contributed by atoms with Crippen molar-refractivity contribution in [2.75, 3.05) is 18.1 Å². The van der Waals surface area contributed by atoms with E-state index in [9.17, 15) is 0 Å². The lowest BCUT2D eigenvalue weighted by Gasteiger charge is -2.37. The molecule has 1 aliphatic heterocycles. The third-order valence-corrected chi connectivity index (χ3v) is 6.29. The van der Waals surface area contributed by atoms with Crippen molar-refractivity contribution in [1.29, 1.82) is 0 Å². The van der Waals surface area contributed by atoms with Crippen molar-refractivity contribution in [2.45, 2.75) is 74.9 Å². The summed E-state index contributed by atoms with van der Waals surface area (Å²) in [5.41, 5.74) is 7.53. The number of nitrogens with two attached hydrogens (primary N) is 1. The summed E-state index contributed by atoms with van der Waals surface area (Å²) in [6, 6.07) is 9.46. The highest BCUT2D eigenvalue weighted by Gasteiger charge is 2.26. The quantitative estimate of drug-likeness (QED) is 0.479. The summed E-state index contributed by atoms with van der Waals surface area (Å²) < 4.78 is 0. The van der Waals surface area contributed by atoms with Crippen LogP contribution in [0.2, 0.25) is 0 Å². The molecule has 1 heterocycles. The molecule has 0 bridgehead atoms. The van der Waals surface area contributed by atoms with Crippen molar-refractivity contribution < 1.29 is 0 Å². The van der Waals surface area contributed by atoms with E-state index in [-0.39, 0.29) is 12.1 Å². The van der Waals surface area contributed by atoms with Crippen molar-refractivity contribution in [2.24, 2.45) is 10.7 Å². The molecule has 1 aliphatic carbocycles. The Hall–Kier alpha value is -1.20. The van der Waals surface area contributed by atoms with Gasteiger partial charge >= 0.3 is 0 Å². The first-order valence-electron chi connectivity index (χ1n) is 9.69. The van der Waals surface area contributed by atoms with Gasteiger partial charge < -0.3 is 16.0 Å². The minimum Gasteiger partial charge on any atom is -0.340 e. The fraction of sp³-hybridized carbons (Fsp3) is 0.650. The van der Waals surface area contributed by atoms with Gasteiger partial charge in [0.1, 0.15) is 0 Å². The van der Waals surface area contributed by atoms with Gasteiger partial charge in [-0.05, 0) is 57.4 Å². The van der Waals surface area contributed by atoms with Crippen LogP contribution in [-0.4, -0.2) is 41.8 Å². The van der Waals surface area contributed by atoms with Crippen LogP contribution in [0.5, 0.6) is 0 Å². The summed E-state index contributed by atoms with van der Waals surface area (Å²) in [6.07, 6.45) is 10.6. The number of hydrogen-bond acceptors (Lipinski definition) is 3. The number of aliphatic imine (C=N–C) groups is 1. The van der Waals surface area contributed by atoms with Crippen LogP contribution < -0.4 is 11.1 Å². The molecule has 1 saturated carbocycles. The number of anilines is 1. The number of rotatable bonds is 3. The molecule has 3 atom stereocenters. The Balaban J connectivity index is 1.88. The molecule has 0 amide bonds. The second kappa shape index (κ2) is 8.95. The van der Waals surface area contributed by atoms with Crippen LogP contribution in [0.3, 0.4) is 0 Å². The maximum absolute atomic E-state index is 6.38. The highest BCUT2D eigenvalue weighted by atomic mass is 32.2. The van der Waals surface area contributed by atoms with Crippen LogP contribution in [0.25, 0.3) is 0 Å². The summed E-state index contributed by atoms with van der Waals surface area (Å²) in [5, 5.41) is 3.67. The van der Waals surface area contributed by atoms with E-state index in [1.807, 2.05) is 0 Å². The molecule has 25 heavy (non-hydrogen) atoms. The van der Waals surface area contributed by atoms with E-state index in [0.717, 1.165) is 31.0 Å². The zero-order valence-electron chi connectivity index (χ0n) is 15.6. The van der Waals surface area contributed by atoms with Gasteiger partial charge in [-0.2, -0.15) is 0 Å². The first-order chi connectivity index (χ1) is 12.2. The van der Waals surface area contributed by atoms with E-state index in [0.29, 0.717) is 6.04 Å². The number of thioether (sulfide) groups is 1. The Morgan fingerprint density at radius 2 is 1.92 bits per heavy atom. The fourth-order valence-corrected chi connectivity index (χ4v) is 4.47. The highest BCUT2D eigenvalue weighted by molar-refractivity contribution is 7.98. The van der Waals surface area contributed by atoms with Gasteiger partial charge in [0, 0.05) is 23.5 Å². The van der Waals surface area contributed by atoms with Crippen molar-refractivity contribution in [1.82, 2.24) is 4.90 Å². The monoisotopic (exact) mass is 360 g/mol. The first kappa shape index (κ1) is 18.6. The van der Waals surface area contributed by atoms with E-state index in [4.69, 9.17) is 10.7 Å². The van der Waals surface area contributed by atoms with Crippen LogP contribution in [-0.2, 0) is 0 Å². The molecule has 3 rings (SSSR count). The smallest absolute Gasteiger partial charge is 0.199 e. The fourth-order valence-electron chi connectivity index (χ4n) is 3.92. The van der Waals surface area contributed by atoms with Crippen molar-refractivity contribution >= 4 is 23.4 Å². The van der Waals surface area contributed by atoms with Gasteiger partial charge in [0.2, 0.25) is 0 Å². The number of benzene rings is 1. The summed E-state index contributed by atoms with van der Waals surface area (Å²) in [6.45, 7) is 3.40. The SMILES string of the molecule is CSc1ccccc1NC(=N[C@H]1CCCC[C@@H]1N)N1CCCCC1C. The maximum Gasteiger partial charge on any atom is 0.199 e. The summed E-state index contributed by atoms with van der Waals surface area (Å²) in [7, 11) is 0. The Morgan fingerprint density at radius 3 is 2.68 bits per heavy atom. The standard InChI is InChI=1S/C20H32N4S/c1-15-9-7-8-14-24(15)20(22-17-11-4-3-10-16(17)21)23-18-12-5-6-13-19(18)25-2/h5-6,12-13,15-17H,3-4,7-11,14,21H2,1-2H3,(H,22,23)/t15?,16-,17-/m0/s1. The van der Waals surface area contributed by atoms with Gasteiger partial charge in [0.15, 0.2) is 5.96 Å². The van der Waals surface area contributed by atoms with Crippen LogP contribution in [0, 0.1) is 0 Å². The van der Waals surface area contributed by atoms with Gasteiger partial charge in [0.25, 0.3) is 0 Å². The van der Waals surface area contributed by atoms with E-state index in [2.05, 4.69) is 47.7 Å². The predicted octanol–water partition coefficient (Wildman–Crippen LogP) is 4.32. The topological polar surface area (TPSA) is 53.6 Å². The molecule has 3 N–H and O–H groups in total. The average molecular weight is 361 g/mol. The lowest BCUT2D eigenvalue weighted by molar-refractivity contribution is 0.254. The minimum absolute atomic E-state index is 0.196. The second-order valence-electron chi connectivity index (χ2n) is 7.33. The Kier molecular flexibility index (Phi) is 6.65. The van der Waals surface area contributed by atoms with E-state index >= 15 is 0 Å². The second-order valence-corrected chi connectivity index (χ2v) is 8.18. The Bertz CT molecular complexity index is 589. The van der Waals surface area contributed by atoms with Gasteiger partial charge in [-0.1, -0.05) is 25.0 Å². The number of hydrogen-bond donors (Lipinski definition) is 2. The molecule has 4 nitrogen and oxygen atoms in total. The maximum atomic E-state index is 6.38. The van der Waals surface area contributed by atoms with Crippen molar-refractivity contribution in [3.8, 4) is 0 Å². The molecule has 0 radical (unpaired) electrons. The van der Waals surface area contributed by atoms with Gasteiger partial charge in [-0.3, -0.25) is 0 Å². The van der Waals surface area contributed by atoms with Crippen molar-refractivity contribution in [3.63, 3.8) is 0 Å². The summed E-state index contributed by atoms with van der Waals surface area (Å²) >= 11 is 1.77. The molecule has 0 aromatic heterocycles. The van der Waals surface area contributed by atoms with Crippen LogP contribution in [0.4, 0.5) is 5.69 Å². The number of para-hydroxylation sites is 1. The highest BCUT2D eigenvalue weighted by Crippen LogP contribution is 2.27. The molecule has 1 saturated heterocycles. The van der Waals surface area contributed by atoms with Crippen molar-refractivity contribution in [3.05, 3.63) is 24.3 Å². The molecular weight excluding hydrogens is 328 g/mol. The van der Waals surface area contributed by atoms with Crippen LogP contribution in [0.15, 0.2) is 34.2 Å². The average Bonchev–Trinajstić information content (AvgIpc) is 2.64. The Morgan fingerprint density at radius 1 is 1.16 bits per heavy atom. The molecule has 1 unspecified atom stereocenters. The first-order valence-corrected chi connectivity index (χ1v) is 10.9. The largest absolute Gasteiger partial charge is 0.340 e. The number of piperidine rings is 1. The summed E-state index contributed by atoms with van der Waals surface area (Å²) in [4.78, 5) is 8.88. The zero-order chi connectivity index (χ0) is 17.6. The van der Waals surface area contributed by atoms with E-state index in [1.54, 1.807) is 11.8 Å². The summed E-state index contributed by atoms with van der Waals surface area (Å²) in [5.74, 6) is 1.02. The van der Waals surface area contributed by atoms with E-state index < -0.39 is 0 Å². The lowest BCUT2D eigenvalue weighted by Crippen LogP contribution is -2.47. The molecule has 1 aromatic carbocycles. The number of nitrogens with zero attached hydrogens (tertiary/aromatic N) is 2. The normalized spacial score (nSPS) is 28.0. The molecule has 1 aromatic rings. The number of likely N-dealkylation sites (tertiary alicyclic amines) is 1. The molecular formula is C20H32N4S. The molecule has 2 fully saturated rings. The Labute approximate surface area is 156 Å². The van der Waals surface area contributed by atoms with E-state index in [1.165, 1.54) is 37.0 Å².